The normalized spacial score (nSPS) is 15.8. The standard InChI is InChI=1S/C12H24N4O2/c1-13-11(17)3-7-15(2)8-4-12(18)16-9-5-14-6-10-16/h14H,3-10H2,1-2H3,(H,13,17). The minimum absolute atomic E-state index is 0.0373. The summed E-state index contributed by atoms with van der Waals surface area (Å²) in [7, 11) is 3.57. The Hall–Kier alpha value is -1.14. The Kier molecular flexibility index (Phi) is 6.67. The molecular weight excluding hydrogens is 232 g/mol. The van der Waals surface area contributed by atoms with E-state index >= 15 is 0 Å². The summed E-state index contributed by atoms with van der Waals surface area (Å²) in [4.78, 5) is 26.9. The molecule has 0 saturated carbocycles. The molecule has 2 N–H and O–H groups in total. The molecule has 104 valence electrons. The molecule has 6 heteroatoms. The minimum atomic E-state index is 0.0373. The van der Waals surface area contributed by atoms with Gasteiger partial charge in [0.25, 0.3) is 0 Å². The number of amides is 2. The third-order valence-electron chi connectivity index (χ3n) is 3.18. The summed E-state index contributed by atoms with van der Waals surface area (Å²) in [6.07, 6.45) is 1.01. The van der Waals surface area contributed by atoms with Crippen molar-refractivity contribution in [3.8, 4) is 0 Å². The number of carbonyl (C=O) groups excluding carboxylic acids is 2. The summed E-state index contributed by atoms with van der Waals surface area (Å²) in [6, 6.07) is 0. The van der Waals surface area contributed by atoms with Crippen LogP contribution in [0.5, 0.6) is 0 Å². The van der Waals surface area contributed by atoms with Gasteiger partial charge in [-0.2, -0.15) is 0 Å². The molecular formula is C12H24N4O2. The van der Waals surface area contributed by atoms with Crippen LogP contribution in [0.1, 0.15) is 12.8 Å². The molecule has 0 unspecified atom stereocenters. The van der Waals surface area contributed by atoms with Crippen LogP contribution in [0.4, 0.5) is 0 Å². The number of piperazine rings is 1. The molecule has 6 nitrogen and oxygen atoms in total. The zero-order valence-corrected chi connectivity index (χ0v) is 11.4. The quantitative estimate of drug-likeness (QED) is 0.631. The fourth-order valence-corrected chi connectivity index (χ4v) is 1.89. The van der Waals surface area contributed by atoms with Crippen LogP contribution in [0, 0.1) is 0 Å². The van der Waals surface area contributed by atoms with E-state index in [2.05, 4.69) is 10.6 Å². The van der Waals surface area contributed by atoms with Gasteiger partial charge >= 0.3 is 0 Å². The van der Waals surface area contributed by atoms with Crippen molar-refractivity contribution in [2.24, 2.45) is 0 Å². The van der Waals surface area contributed by atoms with Crippen molar-refractivity contribution in [3.05, 3.63) is 0 Å². The Morgan fingerprint density at radius 1 is 1.22 bits per heavy atom. The van der Waals surface area contributed by atoms with E-state index in [9.17, 15) is 9.59 Å². The number of nitrogens with zero attached hydrogens (tertiary/aromatic N) is 2. The fourth-order valence-electron chi connectivity index (χ4n) is 1.89. The summed E-state index contributed by atoms with van der Waals surface area (Å²) < 4.78 is 0. The minimum Gasteiger partial charge on any atom is -0.359 e. The van der Waals surface area contributed by atoms with Gasteiger partial charge in [0.15, 0.2) is 0 Å². The van der Waals surface area contributed by atoms with Gasteiger partial charge < -0.3 is 20.4 Å². The number of hydrogen-bond acceptors (Lipinski definition) is 4. The van der Waals surface area contributed by atoms with Crippen LogP contribution < -0.4 is 10.6 Å². The molecule has 2 amide bonds. The molecule has 1 aliphatic heterocycles. The molecule has 0 atom stereocenters. The zero-order valence-electron chi connectivity index (χ0n) is 11.4. The lowest BCUT2D eigenvalue weighted by molar-refractivity contribution is -0.132. The summed E-state index contributed by atoms with van der Waals surface area (Å²) >= 11 is 0. The van der Waals surface area contributed by atoms with E-state index in [0.29, 0.717) is 25.9 Å². The Labute approximate surface area is 109 Å². The van der Waals surface area contributed by atoms with E-state index in [-0.39, 0.29) is 11.8 Å². The lowest BCUT2D eigenvalue weighted by Crippen LogP contribution is -2.47. The maximum Gasteiger partial charge on any atom is 0.223 e. The highest BCUT2D eigenvalue weighted by Crippen LogP contribution is 1.99. The van der Waals surface area contributed by atoms with E-state index < -0.39 is 0 Å². The molecule has 1 rings (SSSR count). The van der Waals surface area contributed by atoms with Gasteiger partial charge in [-0.05, 0) is 7.05 Å². The van der Waals surface area contributed by atoms with Crippen molar-refractivity contribution in [2.45, 2.75) is 12.8 Å². The van der Waals surface area contributed by atoms with Crippen molar-refractivity contribution in [1.29, 1.82) is 0 Å². The molecule has 1 heterocycles. The first-order valence-corrected chi connectivity index (χ1v) is 6.51. The molecule has 0 aromatic carbocycles. The van der Waals surface area contributed by atoms with E-state index in [4.69, 9.17) is 0 Å². The molecule has 0 aromatic rings. The Balaban J connectivity index is 2.14. The molecule has 0 spiro atoms. The number of carbonyl (C=O) groups is 2. The van der Waals surface area contributed by atoms with E-state index in [1.165, 1.54) is 0 Å². The van der Waals surface area contributed by atoms with Crippen molar-refractivity contribution in [2.75, 3.05) is 53.4 Å². The van der Waals surface area contributed by atoms with Crippen molar-refractivity contribution >= 4 is 11.8 Å². The number of hydrogen-bond donors (Lipinski definition) is 2. The van der Waals surface area contributed by atoms with Crippen LogP contribution in [0.15, 0.2) is 0 Å². The molecule has 0 bridgehead atoms. The Morgan fingerprint density at radius 3 is 2.44 bits per heavy atom. The highest BCUT2D eigenvalue weighted by Gasteiger charge is 2.16. The molecule has 0 aromatic heterocycles. The average Bonchev–Trinajstić information content (AvgIpc) is 2.42. The van der Waals surface area contributed by atoms with Crippen molar-refractivity contribution in [3.63, 3.8) is 0 Å². The SMILES string of the molecule is CNC(=O)CCN(C)CCC(=O)N1CCNCC1. The van der Waals surface area contributed by atoms with Crippen LogP contribution in [0.2, 0.25) is 0 Å². The van der Waals surface area contributed by atoms with Gasteiger partial charge in [0.05, 0.1) is 0 Å². The topological polar surface area (TPSA) is 64.7 Å². The van der Waals surface area contributed by atoms with Crippen LogP contribution in [-0.2, 0) is 9.59 Å². The lowest BCUT2D eigenvalue weighted by atomic mass is 10.3. The van der Waals surface area contributed by atoms with Crippen LogP contribution in [0.3, 0.4) is 0 Å². The Bertz CT molecular complexity index is 277. The Morgan fingerprint density at radius 2 is 1.83 bits per heavy atom. The van der Waals surface area contributed by atoms with Crippen molar-refractivity contribution in [1.82, 2.24) is 20.4 Å². The molecule has 1 fully saturated rings. The summed E-state index contributed by atoms with van der Waals surface area (Å²) in [5.41, 5.74) is 0. The third-order valence-corrected chi connectivity index (χ3v) is 3.18. The monoisotopic (exact) mass is 256 g/mol. The summed E-state index contributed by atoms with van der Waals surface area (Å²) in [6.45, 7) is 4.78. The van der Waals surface area contributed by atoms with Gasteiger partial charge in [-0.25, -0.2) is 0 Å². The maximum absolute atomic E-state index is 11.9. The lowest BCUT2D eigenvalue weighted by Gasteiger charge is -2.28. The fraction of sp³-hybridized carbons (Fsp3) is 0.833. The number of rotatable bonds is 6. The molecule has 0 aliphatic carbocycles. The van der Waals surface area contributed by atoms with Crippen LogP contribution >= 0.6 is 0 Å². The second-order valence-corrected chi connectivity index (χ2v) is 4.61. The van der Waals surface area contributed by atoms with Gasteiger partial charge in [0.1, 0.15) is 0 Å². The smallest absolute Gasteiger partial charge is 0.223 e. The van der Waals surface area contributed by atoms with Gasteiger partial charge in [0.2, 0.25) is 11.8 Å². The molecule has 1 aliphatic rings. The van der Waals surface area contributed by atoms with Crippen molar-refractivity contribution < 1.29 is 9.59 Å². The summed E-state index contributed by atoms with van der Waals surface area (Å²) in [5, 5.41) is 5.81. The van der Waals surface area contributed by atoms with Gasteiger partial charge in [-0.15, -0.1) is 0 Å². The van der Waals surface area contributed by atoms with Crippen LogP contribution in [-0.4, -0.2) is 75.0 Å². The van der Waals surface area contributed by atoms with Gasteiger partial charge in [-0.1, -0.05) is 0 Å². The van der Waals surface area contributed by atoms with Crippen LogP contribution in [0.25, 0.3) is 0 Å². The summed E-state index contributed by atoms with van der Waals surface area (Å²) in [5.74, 6) is 0.249. The molecule has 18 heavy (non-hydrogen) atoms. The third kappa shape index (κ3) is 5.46. The highest BCUT2D eigenvalue weighted by atomic mass is 16.2. The molecule has 1 saturated heterocycles. The zero-order chi connectivity index (χ0) is 13.4. The number of nitrogens with one attached hydrogen (secondary N) is 2. The first kappa shape index (κ1) is 14.9. The predicted molar refractivity (Wildman–Crippen MR) is 70.2 cm³/mol. The predicted octanol–water partition coefficient (Wildman–Crippen LogP) is -1.12. The van der Waals surface area contributed by atoms with E-state index in [1.54, 1.807) is 7.05 Å². The molecule has 0 radical (unpaired) electrons. The highest BCUT2D eigenvalue weighted by molar-refractivity contribution is 5.76. The first-order chi connectivity index (χ1) is 8.63. The van der Waals surface area contributed by atoms with Gasteiger partial charge in [-0.3, -0.25) is 9.59 Å². The van der Waals surface area contributed by atoms with E-state index in [1.807, 2.05) is 16.8 Å². The first-order valence-electron chi connectivity index (χ1n) is 6.51. The maximum atomic E-state index is 11.9. The largest absolute Gasteiger partial charge is 0.359 e. The second kappa shape index (κ2) is 8.05. The van der Waals surface area contributed by atoms with Gasteiger partial charge in [0, 0.05) is 59.2 Å². The second-order valence-electron chi connectivity index (χ2n) is 4.61. The average molecular weight is 256 g/mol. The van der Waals surface area contributed by atoms with E-state index in [0.717, 1.165) is 26.2 Å².